The molecule has 0 aromatic heterocycles. The molecule has 0 saturated heterocycles. The molecule has 0 aliphatic rings. The molecule has 0 aliphatic heterocycles. The smallest absolute Gasteiger partial charge is 0.0756 e. The van der Waals surface area contributed by atoms with E-state index < -0.39 is 5.60 Å². The van der Waals surface area contributed by atoms with Gasteiger partial charge in [-0.2, -0.15) is 0 Å². The SMILES string of the molecule is CC(C)C(C)(O)CC(N)=S. The molecule has 3 heteroatoms. The average molecular weight is 161 g/mol. The number of aliphatic hydroxyl groups is 1. The minimum Gasteiger partial charge on any atom is -0.393 e. The fourth-order valence-corrected chi connectivity index (χ4v) is 0.849. The molecule has 1 atom stereocenters. The van der Waals surface area contributed by atoms with Gasteiger partial charge >= 0.3 is 0 Å². The maximum absolute atomic E-state index is 9.59. The highest BCUT2D eigenvalue weighted by atomic mass is 32.1. The molecule has 10 heavy (non-hydrogen) atoms. The van der Waals surface area contributed by atoms with Crippen molar-refractivity contribution in [3.05, 3.63) is 0 Å². The van der Waals surface area contributed by atoms with Gasteiger partial charge in [0, 0.05) is 6.42 Å². The van der Waals surface area contributed by atoms with E-state index >= 15 is 0 Å². The van der Waals surface area contributed by atoms with Gasteiger partial charge in [0.15, 0.2) is 0 Å². The Labute approximate surface area is 67.4 Å². The summed E-state index contributed by atoms with van der Waals surface area (Å²) in [4.78, 5) is 0.374. The standard InChI is InChI=1S/C7H15NOS/c1-5(2)7(3,9)4-6(8)10/h5,9H,4H2,1-3H3,(H2,8,10). The van der Waals surface area contributed by atoms with Crippen LogP contribution in [0, 0.1) is 5.92 Å². The summed E-state index contributed by atoms with van der Waals surface area (Å²) in [6.07, 6.45) is 0.403. The second-order valence-electron chi connectivity index (χ2n) is 3.15. The Morgan fingerprint density at radius 3 is 2.20 bits per heavy atom. The van der Waals surface area contributed by atoms with Crippen LogP contribution < -0.4 is 5.73 Å². The minimum atomic E-state index is -0.744. The first kappa shape index (κ1) is 9.85. The van der Waals surface area contributed by atoms with Crippen LogP contribution in [0.3, 0.4) is 0 Å². The van der Waals surface area contributed by atoms with Crippen molar-refractivity contribution in [2.75, 3.05) is 0 Å². The van der Waals surface area contributed by atoms with Crippen molar-refractivity contribution in [1.29, 1.82) is 0 Å². The largest absolute Gasteiger partial charge is 0.393 e. The zero-order valence-corrected chi connectivity index (χ0v) is 7.53. The van der Waals surface area contributed by atoms with Gasteiger partial charge in [0.25, 0.3) is 0 Å². The molecule has 0 rings (SSSR count). The minimum absolute atomic E-state index is 0.189. The van der Waals surface area contributed by atoms with Crippen LogP contribution in [0.1, 0.15) is 27.2 Å². The highest BCUT2D eigenvalue weighted by Crippen LogP contribution is 2.19. The Balaban J connectivity index is 3.99. The maximum atomic E-state index is 9.59. The predicted molar refractivity (Wildman–Crippen MR) is 46.9 cm³/mol. The van der Waals surface area contributed by atoms with Crippen molar-refractivity contribution >= 4 is 17.2 Å². The van der Waals surface area contributed by atoms with Crippen LogP contribution in [-0.4, -0.2) is 15.7 Å². The first-order chi connectivity index (χ1) is 4.36. The van der Waals surface area contributed by atoms with Gasteiger partial charge < -0.3 is 10.8 Å². The van der Waals surface area contributed by atoms with E-state index in [0.717, 1.165) is 0 Å². The normalized spacial score (nSPS) is 16.9. The Bertz CT molecular complexity index is 132. The number of hydrogen-bond acceptors (Lipinski definition) is 2. The van der Waals surface area contributed by atoms with Gasteiger partial charge in [0.05, 0.1) is 10.6 Å². The number of thiocarbonyl (C=S) groups is 1. The van der Waals surface area contributed by atoms with Gasteiger partial charge in [-0.3, -0.25) is 0 Å². The Hall–Kier alpha value is -0.150. The van der Waals surface area contributed by atoms with E-state index in [1.165, 1.54) is 0 Å². The van der Waals surface area contributed by atoms with Crippen LogP contribution in [0.2, 0.25) is 0 Å². The number of rotatable bonds is 3. The van der Waals surface area contributed by atoms with E-state index in [0.29, 0.717) is 11.4 Å². The molecular formula is C7H15NOS. The monoisotopic (exact) mass is 161 g/mol. The van der Waals surface area contributed by atoms with Crippen LogP contribution in [0.5, 0.6) is 0 Å². The molecule has 0 spiro atoms. The van der Waals surface area contributed by atoms with Crippen LogP contribution >= 0.6 is 12.2 Å². The third-order valence-electron chi connectivity index (χ3n) is 1.78. The Kier molecular flexibility index (Phi) is 3.25. The van der Waals surface area contributed by atoms with Gasteiger partial charge in [-0.1, -0.05) is 26.1 Å². The zero-order valence-electron chi connectivity index (χ0n) is 6.72. The third-order valence-corrected chi connectivity index (χ3v) is 1.92. The molecular weight excluding hydrogens is 146 g/mol. The van der Waals surface area contributed by atoms with Crippen molar-refractivity contribution in [2.45, 2.75) is 32.8 Å². The van der Waals surface area contributed by atoms with Crippen LogP contribution in [0.4, 0.5) is 0 Å². The molecule has 0 aliphatic carbocycles. The molecule has 0 heterocycles. The summed E-state index contributed by atoms with van der Waals surface area (Å²) in [6.45, 7) is 5.63. The van der Waals surface area contributed by atoms with Gasteiger partial charge in [0.2, 0.25) is 0 Å². The van der Waals surface area contributed by atoms with Crippen molar-refractivity contribution in [2.24, 2.45) is 11.7 Å². The van der Waals surface area contributed by atoms with Gasteiger partial charge in [-0.05, 0) is 12.8 Å². The summed E-state index contributed by atoms with van der Waals surface area (Å²) >= 11 is 4.68. The quantitative estimate of drug-likeness (QED) is 0.609. The first-order valence-corrected chi connectivity index (χ1v) is 3.78. The second kappa shape index (κ2) is 3.30. The van der Waals surface area contributed by atoms with Crippen LogP contribution in [-0.2, 0) is 0 Å². The van der Waals surface area contributed by atoms with Gasteiger partial charge in [-0.25, -0.2) is 0 Å². The van der Waals surface area contributed by atoms with E-state index in [4.69, 9.17) is 5.73 Å². The first-order valence-electron chi connectivity index (χ1n) is 3.37. The topological polar surface area (TPSA) is 46.2 Å². The Morgan fingerprint density at radius 1 is 1.70 bits per heavy atom. The lowest BCUT2D eigenvalue weighted by Crippen LogP contribution is -2.35. The lowest BCUT2D eigenvalue weighted by atomic mass is 9.89. The molecule has 0 amide bonds. The highest BCUT2D eigenvalue weighted by Gasteiger charge is 2.25. The van der Waals surface area contributed by atoms with E-state index in [9.17, 15) is 5.11 Å². The maximum Gasteiger partial charge on any atom is 0.0756 e. The van der Waals surface area contributed by atoms with Crippen LogP contribution in [0.15, 0.2) is 0 Å². The average Bonchev–Trinajstić information content (AvgIpc) is 1.60. The molecule has 0 radical (unpaired) electrons. The molecule has 0 aromatic rings. The Morgan fingerprint density at radius 2 is 2.10 bits per heavy atom. The molecule has 60 valence electrons. The van der Waals surface area contributed by atoms with Gasteiger partial charge in [-0.15, -0.1) is 0 Å². The molecule has 0 bridgehead atoms. The van der Waals surface area contributed by atoms with Crippen molar-refractivity contribution in [3.8, 4) is 0 Å². The van der Waals surface area contributed by atoms with Crippen molar-refractivity contribution in [3.63, 3.8) is 0 Å². The molecule has 2 nitrogen and oxygen atoms in total. The second-order valence-corrected chi connectivity index (χ2v) is 3.68. The van der Waals surface area contributed by atoms with Crippen molar-refractivity contribution < 1.29 is 5.11 Å². The summed E-state index contributed by atoms with van der Waals surface area (Å²) in [5.74, 6) is 0.189. The summed E-state index contributed by atoms with van der Waals surface area (Å²) in [7, 11) is 0. The number of hydrogen-bond donors (Lipinski definition) is 2. The molecule has 1 unspecified atom stereocenters. The predicted octanol–water partition coefficient (Wildman–Crippen LogP) is 1.07. The summed E-state index contributed by atoms with van der Waals surface area (Å²) in [5.41, 5.74) is 4.54. The molecule has 0 aromatic carbocycles. The summed E-state index contributed by atoms with van der Waals surface area (Å²) in [5, 5.41) is 9.59. The lowest BCUT2D eigenvalue weighted by molar-refractivity contribution is 0.0210. The molecule has 3 N–H and O–H groups in total. The zero-order chi connectivity index (χ0) is 8.36. The van der Waals surface area contributed by atoms with E-state index in [1.54, 1.807) is 6.92 Å². The van der Waals surface area contributed by atoms with Crippen LogP contribution in [0.25, 0.3) is 0 Å². The highest BCUT2D eigenvalue weighted by molar-refractivity contribution is 7.80. The van der Waals surface area contributed by atoms with Gasteiger partial charge in [0.1, 0.15) is 0 Å². The van der Waals surface area contributed by atoms with Crippen molar-refractivity contribution in [1.82, 2.24) is 0 Å². The fraction of sp³-hybridized carbons (Fsp3) is 0.857. The fourth-order valence-electron chi connectivity index (χ4n) is 0.557. The summed E-state index contributed by atoms with van der Waals surface area (Å²) in [6, 6.07) is 0. The lowest BCUT2D eigenvalue weighted by Gasteiger charge is -2.26. The summed E-state index contributed by atoms with van der Waals surface area (Å²) < 4.78 is 0. The number of nitrogens with two attached hydrogens (primary N) is 1. The molecule has 0 saturated carbocycles. The third kappa shape index (κ3) is 3.13. The van der Waals surface area contributed by atoms with E-state index in [2.05, 4.69) is 12.2 Å². The van der Waals surface area contributed by atoms with E-state index in [1.807, 2.05) is 13.8 Å². The van der Waals surface area contributed by atoms with E-state index in [-0.39, 0.29) is 5.92 Å². The molecule has 0 fully saturated rings.